The van der Waals surface area contributed by atoms with E-state index in [0.29, 0.717) is 12.0 Å². The highest BCUT2D eigenvalue weighted by atomic mass is 35.5. The van der Waals surface area contributed by atoms with Gasteiger partial charge in [-0.15, -0.1) is 11.6 Å². The molecule has 58 valence electrons. The second-order valence-electron chi connectivity index (χ2n) is 1.69. The molecule has 1 fully saturated rings. The lowest BCUT2D eigenvalue weighted by atomic mass is 10.6. The van der Waals surface area contributed by atoms with Crippen molar-refractivity contribution in [2.75, 3.05) is 12.5 Å². The number of hydrogen-bond acceptors (Lipinski definition) is 4. The van der Waals surface area contributed by atoms with Crippen LogP contribution in [-0.2, 0) is 4.74 Å². The number of nitrogens with one attached hydrogen (secondary N) is 1. The van der Waals surface area contributed by atoms with Crippen molar-refractivity contribution in [2.24, 2.45) is 11.5 Å². The number of alkyl halides is 1. The fraction of sp³-hybridized carbons (Fsp3) is 0.600. The molecule has 10 heavy (non-hydrogen) atoms. The Morgan fingerprint density at radius 1 is 1.80 bits per heavy atom. The van der Waals surface area contributed by atoms with Crippen LogP contribution in [0.25, 0.3) is 0 Å². The molecule has 0 amide bonds. The summed E-state index contributed by atoms with van der Waals surface area (Å²) in [5.74, 6) is 2.34. The number of halogens is 1. The first-order valence-corrected chi connectivity index (χ1v) is 3.22. The molecule has 1 rings (SSSR count). The Morgan fingerprint density at radius 2 is 2.20 bits per heavy atom. The molecular formula is C5H10ClN3O. The van der Waals surface area contributed by atoms with E-state index >= 15 is 0 Å². The second-order valence-corrected chi connectivity index (χ2v) is 2.00. The van der Waals surface area contributed by atoms with E-state index in [1.807, 2.05) is 0 Å². The minimum Gasteiger partial charge on any atom is -0.378 e. The van der Waals surface area contributed by atoms with E-state index in [4.69, 9.17) is 21.7 Å². The van der Waals surface area contributed by atoms with Crippen molar-refractivity contribution in [2.45, 2.75) is 6.10 Å². The van der Waals surface area contributed by atoms with Crippen LogP contribution in [0, 0.1) is 5.41 Å². The van der Waals surface area contributed by atoms with E-state index in [1.54, 1.807) is 5.87 Å². The standard InChI is InChI=1S/C3H5ClO.C2H5N3/c4-1-3-2-5-3;3-1-2(4)5/h3H,1-2H2;3H,4-5H2. The summed E-state index contributed by atoms with van der Waals surface area (Å²) in [5.41, 5.74) is 9.38. The third-order valence-corrected chi connectivity index (χ3v) is 1.06. The molecule has 0 spiro atoms. The van der Waals surface area contributed by atoms with Crippen molar-refractivity contribution in [3.8, 4) is 0 Å². The summed E-state index contributed by atoms with van der Waals surface area (Å²) < 4.78 is 4.73. The lowest BCUT2D eigenvalue weighted by Gasteiger charge is -1.71. The van der Waals surface area contributed by atoms with E-state index in [-0.39, 0.29) is 5.82 Å². The van der Waals surface area contributed by atoms with Gasteiger partial charge in [0.1, 0.15) is 0 Å². The molecule has 1 atom stereocenters. The maximum atomic E-state index is 6.12. The van der Waals surface area contributed by atoms with E-state index in [2.05, 4.69) is 11.5 Å². The quantitative estimate of drug-likeness (QED) is 0.280. The molecule has 0 saturated carbocycles. The van der Waals surface area contributed by atoms with E-state index in [9.17, 15) is 0 Å². The normalized spacial score (nSPS) is 19.9. The average molecular weight is 164 g/mol. The molecule has 1 aliphatic heterocycles. The van der Waals surface area contributed by atoms with Gasteiger partial charge in [-0.05, 0) is 0 Å². The van der Waals surface area contributed by atoms with Crippen LogP contribution >= 0.6 is 11.6 Å². The number of epoxide rings is 1. The minimum atomic E-state index is -0.0787. The summed E-state index contributed by atoms with van der Waals surface area (Å²) in [6, 6.07) is 0. The third kappa shape index (κ3) is 7.30. The van der Waals surface area contributed by atoms with Crippen LogP contribution in [0.3, 0.4) is 0 Å². The molecular weight excluding hydrogens is 154 g/mol. The molecule has 5 N–H and O–H groups in total. The summed E-state index contributed by atoms with van der Waals surface area (Å²) in [7, 11) is 0. The molecule has 0 aliphatic carbocycles. The van der Waals surface area contributed by atoms with Gasteiger partial charge >= 0.3 is 0 Å². The van der Waals surface area contributed by atoms with E-state index in [0.717, 1.165) is 6.61 Å². The Hall–Kier alpha value is -0.700. The number of rotatable bonds is 1. The highest BCUT2D eigenvalue weighted by molar-refractivity contribution is 6.18. The molecule has 0 radical (unpaired) electrons. The van der Waals surface area contributed by atoms with Crippen LogP contribution in [0.15, 0.2) is 5.82 Å². The average Bonchev–Trinajstić information content (AvgIpc) is 2.70. The maximum absolute atomic E-state index is 6.12. The zero-order valence-electron chi connectivity index (χ0n) is 5.43. The van der Waals surface area contributed by atoms with Crippen LogP contribution in [0.5, 0.6) is 0 Å². The number of nitrogens with two attached hydrogens (primary N) is 2. The van der Waals surface area contributed by atoms with Crippen molar-refractivity contribution in [1.29, 1.82) is 5.41 Å². The summed E-state index contributed by atoms with van der Waals surface area (Å²) in [5, 5.41) is 6.12. The highest BCUT2D eigenvalue weighted by Crippen LogP contribution is 2.08. The van der Waals surface area contributed by atoms with Crippen molar-refractivity contribution in [3.63, 3.8) is 0 Å². The highest BCUT2D eigenvalue weighted by Gasteiger charge is 2.19. The van der Waals surface area contributed by atoms with Crippen molar-refractivity contribution < 1.29 is 4.74 Å². The first-order chi connectivity index (χ1) is 4.70. The maximum Gasteiger partial charge on any atom is 0.157 e. The molecule has 0 bridgehead atoms. The zero-order valence-corrected chi connectivity index (χ0v) is 6.19. The van der Waals surface area contributed by atoms with Crippen LogP contribution in [0.1, 0.15) is 0 Å². The van der Waals surface area contributed by atoms with Crippen LogP contribution in [-0.4, -0.2) is 24.5 Å². The van der Waals surface area contributed by atoms with Crippen molar-refractivity contribution in [3.05, 3.63) is 5.82 Å². The Kier molecular flexibility index (Phi) is 4.76. The smallest absolute Gasteiger partial charge is 0.157 e. The molecule has 0 aromatic rings. The Morgan fingerprint density at radius 3 is 2.20 bits per heavy atom. The Balaban J connectivity index is 0.000000162. The van der Waals surface area contributed by atoms with E-state index in [1.165, 1.54) is 0 Å². The van der Waals surface area contributed by atoms with Gasteiger partial charge in [-0.25, -0.2) is 0 Å². The van der Waals surface area contributed by atoms with Gasteiger partial charge in [0.15, 0.2) is 5.82 Å². The topological polar surface area (TPSA) is 88.4 Å². The van der Waals surface area contributed by atoms with Gasteiger partial charge in [0.05, 0.1) is 18.6 Å². The Bertz CT molecular complexity index is 136. The number of ether oxygens (including phenoxy) is 1. The predicted molar refractivity (Wildman–Crippen MR) is 40.1 cm³/mol. The van der Waals surface area contributed by atoms with Crippen LogP contribution in [0.2, 0.25) is 0 Å². The van der Waals surface area contributed by atoms with Crippen LogP contribution in [0.4, 0.5) is 0 Å². The Labute approximate surface area is 64.3 Å². The molecule has 1 unspecified atom stereocenters. The SMILES string of the molecule is ClCC1CO1.N=C=C(N)N. The first kappa shape index (κ1) is 9.30. The lowest BCUT2D eigenvalue weighted by molar-refractivity contribution is 0.425. The molecule has 0 aromatic carbocycles. The summed E-state index contributed by atoms with van der Waals surface area (Å²) >= 11 is 5.27. The van der Waals surface area contributed by atoms with Gasteiger partial charge < -0.3 is 16.2 Å². The minimum absolute atomic E-state index is 0.0787. The van der Waals surface area contributed by atoms with Gasteiger partial charge in [0, 0.05) is 5.87 Å². The first-order valence-electron chi connectivity index (χ1n) is 2.69. The second kappa shape index (κ2) is 5.11. The molecule has 0 aromatic heterocycles. The molecule has 1 saturated heterocycles. The van der Waals surface area contributed by atoms with E-state index < -0.39 is 0 Å². The molecule has 1 aliphatic rings. The fourth-order valence-corrected chi connectivity index (χ4v) is 0.335. The largest absolute Gasteiger partial charge is 0.378 e. The number of hydrogen-bond donors (Lipinski definition) is 3. The molecule has 5 heteroatoms. The van der Waals surface area contributed by atoms with Gasteiger partial charge in [-0.2, -0.15) is 0 Å². The van der Waals surface area contributed by atoms with Crippen molar-refractivity contribution >= 4 is 17.5 Å². The summed E-state index contributed by atoms with van der Waals surface area (Å²) in [6.07, 6.45) is 0.400. The summed E-state index contributed by atoms with van der Waals surface area (Å²) in [4.78, 5) is 0. The molecule has 1 heterocycles. The zero-order chi connectivity index (χ0) is 7.98. The fourth-order valence-electron chi connectivity index (χ4n) is 0.157. The predicted octanol–water partition coefficient (Wildman–Crippen LogP) is -0.382. The molecule has 4 nitrogen and oxygen atoms in total. The van der Waals surface area contributed by atoms with Crippen LogP contribution < -0.4 is 11.5 Å². The monoisotopic (exact) mass is 163 g/mol. The van der Waals surface area contributed by atoms with Crippen molar-refractivity contribution in [1.82, 2.24) is 0 Å². The van der Waals surface area contributed by atoms with Gasteiger partial charge in [-0.3, -0.25) is 5.41 Å². The third-order valence-electron chi connectivity index (χ3n) is 0.719. The van der Waals surface area contributed by atoms with Gasteiger partial charge in [-0.1, -0.05) is 0 Å². The van der Waals surface area contributed by atoms with Gasteiger partial charge in [0.2, 0.25) is 0 Å². The van der Waals surface area contributed by atoms with Gasteiger partial charge in [0.25, 0.3) is 0 Å². The summed E-state index contributed by atoms with van der Waals surface area (Å²) in [6.45, 7) is 0.878. The lowest BCUT2D eigenvalue weighted by Crippen LogP contribution is -2.07.